The molecule has 0 bridgehead atoms. The summed E-state index contributed by atoms with van der Waals surface area (Å²) in [6.45, 7) is 3.33. The summed E-state index contributed by atoms with van der Waals surface area (Å²) in [5, 5.41) is 110. The zero-order valence-electron chi connectivity index (χ0n) is 59.1. The number of allylic oxidation sites excluding steroid dienone is 3. The average Bonchev–Trinajstić information content (AvgIpc) is 0.763. The summed E-state index contributed by atoms with van der Waals surface area (Å²) in [7, 11) is -5.71. The predicted octanol–water partition coefficient (Wildman–Crippen LogP) is 10.1. The number of aliphatic hydroxyl groups is 10. The van der Waals surface area contributed by atoms with Gasteiger partial charge in [-0.15, -0.1) is 0 Å². The third-order valence-electron chi connectivity index (χ3n) is 18.6. The largest absolute Gasteiger partial charge is 0.472 e. The minimum atomic E-state index is -5.71. The van der Waals surface area contributed by atoms with Gasteiger partial charge in [-0.05, 0) is 25.7 Å². The van der Waals surface area contributed by atoms with Crippen molar-refractivity contribution in [2.24, 2.45) is 0 Å². The summed E-state index contributed by atoms with van der Waals surface area (Å²) < 4.78 is 64.8. The Labute approximate surface area is 579 Å². The van der Waals surface area contributed by atoms with E-state index in [-0.39, 0.29) is 12.8 Å². The van der Waals surface area contributed by atoms with E-state index in [0.29, 0.717) is 12.8 Å². The highest BCUT2D eigenvalue weighted by atomic mass is 31.2. The summed E-state index contributed by atoms with van der Waals surface area (Å²) >= 11 is 0. The van der Waals surface area contributed by atoms with E-state index in [0.717, 1.165) is 96.0 Å². The van der Waals surface area contributed by atoms with E-state index < -0.39 is 156 Å². The molecule has 3 fully saturated rings. The molecule has 0 spiro atoms. The lowest BCUT2D eigenvalue weighted by Gasteiger charge is -2.49. The molecule has 568 valence electrons. The molecule has 97 heavy (non-hydrogen) atoms. The second kappa shape index (κ2) is 54.1. The number of carbonyl (C=O) groups excluding carboxylic acids is 3. The molecule has 2 heterocycles. The van der Waals surface area contributed by atoms with E-state index >= 15 is 0 Å². The molecular weight excluding hydrogens is 1280 g/mol. The van der Waals surface area contributed by atoms with Crippen LogP contribution in [-0.2, 0) is 61.2 Å². The van der Waals surface area contributed by atoms with Gasteiger partial charge in [0, 0.05) is 18.9 Å². The molecule has 2 saturated heterocycles. The summed E-state index contributed by atoms with van der Waals surface area (Å²) in [5.41, 5.74) is 0. The molecule has 1 aliphatic carbocycles. The number of unbranched alkanes of at least 4 members (excludes halogenated alkanes) is 36. The molecule has 1 saturated carbocycles. The number of ether oxygens (including phenoxy) is 7. The topological polar surface area (TPSA) is 374 Å². The van der Waals surface area contributed by atoms with E-state index in [4.69, 9.17) is 42.2 Å². The quantitative estimate of drug-likeness (QED) is 0.00673. The van der Waals surface area contributed by atoms with Crippen LogP contribution in [0.4, 0.5) is 0 Å². The fraction of sp³-hybridized carbons (Fsp3) is 0.903. The van der Waals surface area contributed by atoms with E-state index in [1.54, 1.807) is 6.08 Å². The number of aliphatic hydroxyl groups excluding tert-OH is 10. The Balaban J connectivity index is 1.74. The van der Waals surface area contributed by atoms with Crippen LogP contribution in [0.1, 0.15) is 284 Å². The van der Waals surface area contributed by atoms with Crippen LogP contribution in [0.15, 0.2) is 24.3 Å². The van der Waals surface area contributed by atoms with Crippen LogP contribution in [0, 0.1) is 0 Å². The van der Waals surface area contributed by atoms with Crippen molar-refractivity contribution in [1.82, 2.24) is 0 Å². The van der Waals surface area contributed by atoms with Crippen molar-refractivity contribution in [3.63, 3.8) is 0 Å². The maximum Gasteiger partial charge on any atom is 0.472 e. The van der Waals surface area contributed by atoms with Crippen LogP contribution in [0.5, 0.6) is 0 Å². The van der Waals surface area contributed by atoms with Gasteiger partial charge in [0.25, 0.3) is 0 Å². The molecule has 3 aliphatic rings. The Morgan fingerprint density at radius 2 is 0.794 bits per heavy atom. The van der Waals surface area contributed by atoms with Crippen LogP contribution in [0.2, 0.25) is 0 Å². The smallest absolute Gasteiger partial charge is 0.463 e. The maximum absolute atomic E-state index is 14.3. The molecule has 0 aromatic rings. The molecule has 11 N–H and O–H groups in total. The van der Waals surface area contributed by atoms with Crippen molar-refractivity contribution in [1.29, 1.82) is 0 Å². The fourth-order valence-electron chi connectivity index (χ4n) is 12.4. The first-order valence-corrected chi connectivity index (χ1v) is 39.2. The number of phosphoric acid groups is 1. The van der Waals surface area contributed by atoms with Crippen molar-refractivity contribution in [3.8, 4) is 0 Å². The Hall–Kier alpha value is -2.56. The molecule has 0 radical (unpaired) electrons. The third-order valence-corrected chi connectivity index (χ3v) is 19.6. The van der Waals surface area contributed by atoms with Crippen LogP contribution in [0.3, 0.4) is 0 Å². The molecule has 18 atom stereocenters. The highest BCUT2D eigenvalue weighted by Crippen LogP contribution is 2.49. The molecule has 0 aromatic heterocycles. The lowest BCUT2D eigenvalue weighted by molar-refractivity contribution is -0.360. The SMILES string of the molecule is CCCCCCCCCCCCC/C=C/C=C/C(=O)OCC(COP(=O)(O)OC1C(OC2OC(CO)C(O)C(O)C2O)C(O)C(O)C(O)C1OC1OC(COC(=O)CCCCCCCCCCCCCCCCC)C(O)C(O)C1O)OC(=O)CCCCCCCCCCCCCC. The molecule has 2 aliphatic heterocycles. The van der Waals surface area contributed by atoms with E-state index in [9.17, 15) is 74.9 Å². The molecule has 25 heteroatoms. The van der Waals surface area contributed by atoms with Gasteiger partial charge in [0.2, 0.25) is 0 Å². The monoisotopic (exact) mass is 1410 g/mol. The third kappa shape index (κ3) is 37.4. The summed E-state index contributed by atoms with van der Waals surface area (Å²) in [6, 6.07) is 0. The van der Waals surface area contributed by atoms with Gasteiger partial charge < -0.3 is 89.1 Å². The maximum atomic E-state index is 14.3. The number of hydrogen-bond donors (Lipinski definition) is 11. The van der Waals surface area contributed by atoms with Gasteiger partial charge in [-0.2, -0.15) is 0 Å². The van der Waals surface area contributed by atoms with Gasteiger partial charge in [-0.1, -0.05) is 264 Å². The average molecular weight is 1410 g/mol. The van der Waals surface area contributed by atoms with Gasteiger partial charge in [0.1, 0.15) is 98.7 Å². The second-order valence-electron chi connectivity index (χ2n) is 27.1. The van der Waals surface area contributed by atoms with Crippen molar-refractivity contribution in [2.75, 3.05) is 26.4 Å². The predicted molar refractivity (Wildman–Crippen MR) is 365 cm³/mol. The van der Waals surface area contributed by atoms with Crippen molar-refractivity contribution in [3.05, 3.63) is 24.3 Å². The van der Waals surface area contributed by atoms with Gasteiger partial charge in [-0.25, -0.2) is 9.36 Å². The standard InChI is InChI=1S/C72H131O24P/c1-4-7-10-13-16-19-22-25-27-29-32-34-37-40-43-46-56(74)88-50-53(91-58(76)48-45-42-39-36-31-24-21-18-15-12-9-6-3)51-90-97(86,87)96-70-68(94-71-66(84)61(79)59(77)54(49-73)92-71)64(82)63(81)65(83)69(70)95-72-67(85)62(80)60(78)55(93-72)52-89-57(75)47-44-41-38-35-33-30-28-26-23-20-17-14-11-8-5-2/h37,40,43,46,53-55,59-73,77-85H,4-36,38-39,41-42,44-45,47-52H2,1-3H3,(H,86,87)/b40-37+,46-43+. The molecule has 3 rings (SSSR count). The van der Waals surface area contributed by atoms with Gasteiger partial charge in [0.05, 0.1) is 13.2 Å². The lowest BCUT2D eigenvalue weighted by atomic mass is 9.84. The Morgan fingerprint density at radius 1 is 0.423 bits per heavy atom. The number of hydrogen-bond acceptors (Lipinski definition) is 23. The minimum Gasteiger partial charge on any atom is -0.463 e. The molecule has 18 unspecified atom stereocenters. The lowest BCUT2D eigenvalue weighted by Crippen LogP contribution is -2.69. The summed E-state index contributed by atoms with van der Waals surface area (Å²) in [4.78, 5) is 50.8. The summed E-state index contributed by atoms with van der Waals surface area (Å²) in [6.07, 6.45) is 14.6. The number of esters is 3. The van der Waals surface area contributed by atoms with Gasteiger partial charge >= 0.3 is 25.7 Å². The van der Waals surface area contributed by atoms with Crippen molar-refractivity contribution >= 4 is 25.7 Å². The van der Waals surface area contributed by atoms with Crippen LogP contribution < -0.4 is 0 Å². The van der Waals surface area contributed by atoms with Crippen molar-refractivity contribution < 1.29 is 117 Å². The van der Waals surface area contributed by atoms with Crippen molar-refractivity contribution in [2.45, 2.75) is 388 Å². The summed E-state index contributed by atoms with van der Waals surface area (Å²) in [5.74, 6) is -2.24. The fourth-order valence-corrected chi connectivity index (χ4v) is 13.4. The van der Waals surface area contributed by atoms with Crippen LogP contribution >= 0.6 is 7.82 Å². The second-order valence-corrected chi connectivity index (χ2v) is 28.5. The molecular formula is C72H131O24P. The first kappa shape index (κ1) is 88.7. The Kier molecular flexibility index (Phi) is 49.5. The number of rotatable bonds is 58. The van der Waals surface area contributed by atoms with Crippen LogP contribution in [0.25, 0.3) is 0 Å². The molecule has 24 nitrogen and oxygen atoms in total. The molecule has 0 aromatic carbocycles. The Bertz CT molecular complexity index is 2110. The first-order valence-electron chi connectivity index (χ1n) is 37.7. The zero-order chi connectivity index (χ0) is 71.1. The van der Waals surface area contributed by atoms with Gasteiger partial charge in [-0.3, -0.25) is 18.6 Å². The highest BCUT2D eigenvalue weighted by Gasteiger charge is 2.58. The van der Waals surface area contributed by atoms with E-state index in [2.05, 4.69) is 20.8 Å². The van der Waals surface area contributed by atoms with Gasteiger partial charge in [0.15, 0.2) is 18.7 Å². The highest BCUT2D eigenvalue weighted by molar-refractivity contribution is 7.47. The normalized spacial score (nSPS) is 27.9. The minimum absolute atomic E-state index is 0.0291. The molecule has 0 amide bonds. The van der Waals surface area contributed by atoms with E-state index in [1.807, 2.05) is 6.08 Å². The Morgan fingerprint density at radius 3 is 1.22 bits per heavy atom. The van der Waals surface area contributed by atoms with E-state index in [1.165, 1.54) is 154 Å². The number of carbonyl (C=O) groups is 3. The first-order chi connectivity index (χ1) is 46.8. The van der Waals surface area contributed by atoms with Crippen LogP contribution in [-0.4, -0.2) is 204 Å². The zero-order valence-corrected chi connectivity index (χ0v) is 60.0. The number of phosphoric ester groups is 1.